The van der Waals surface area contributed by atoms with Gasteiger partial charge in [-0.2, -0.15) is 0 Å². The van der Waals surface area contributed by atoms with Gasteiger partial charge in [-0.3, -0.25) is 9.79 Å². The predicted octanol–water partition coefficient (Wildman–Crippen LogP) is 4.02. The topological polar surface area (TPSA) is 58.4 Å². The van der Waals surface area contributed by atoms with Crippen molar-refractivity contribution >= 4 is 29.9 Å². The number of hydrogen-bond acceptors (Lipinski definition) is 2. The van der Waals surface area contributed by atoms with Gasteiger partial charge in [-0.25, -0.2) is 0 Å². The molecule has 1 atom stereocenters. The summed E-state index contributed by atoms with van der Waals surface area (Å²) in [5.41, 5.74) is 0.0723. The van der Waals surface area contributed by atoms with Crippen molar-refractivity contribution in [2.24, 2.45) is 10.9 Å². The summed E-state index contributed by atoms with van der Waals surface area (Å²) in [6, 6.07) is 5.29. The maximum absolute atomic E-state index is 11.6. The van der Waals surface area contributed by atoms with E-state index >= 15 is 0 Å². The zero-order chi connectivity index (χ0) is 18.3. The van der Waals surface area contributed by atoms with Crippen LogP contribution >= 0.6 is 24.0 Å². The van der Waals surface area contributed by atoms with E-state index in [-0.39, 0.29) is 29.5 Å². The van der Waals surface area contributed by atoms with Crippen molar-refractivity contribution in [3.8, 4) is 0 Å². The van der Waals surface area contributed by atoms with Gasteiger partial charge in [0, 0.05) is 38.4 Å². The Morgan fingerprint density at radius 3 is 2.62 bits per heavy atom. The molecule has 1 heterocycles. The fourth-order valence-electron chi connectivity index (χ4n) is 2.74. The third-order valence-electron chi connectivity index (χ3n) is 4.41. The number of guanidine groups is 1. The van der Waals surface area contributed by atoms with Gasteiger partial charge in [0.1, 0.15) is 0 Å². The van der Waals surface area contributed by atoms with Gasteiger partial charge in [0.25, 0.3) is 0 Å². The molecule has 0 amide bonds. The minimum absolute atomic E-state index is 0. The third kappa shape index (κ3) is 10.8. The first-order valence-electron chi connectivity index (χ1n) is 9.88. The van der Waals surface area contributed by atoms with E-state index < -0.39 is 0 Å². The molecule has 1 aromatic heterocycles. The summed E-state index contributed by atoms with van der Waals surface area (Å²) in [4.78, 5) is 16.4. The number of aryl methyl sites for hydroxylation is 1. The number of pyridine rings is 1. The summed E-state index contributed by atoms with van der Waals surface area (Å²) in [5, 5.41) is 6.73. The second kappa shape index (κ2) is 16.1. The smallest absolute Gasteiger partial charge is 0.250 e. The standard InChI is InChI=1S/C20H36N4O.HI/c1-4-7-12-18(5-2)17-23-20(21-6-3)22-14-9-11-16-24-15-10-8-13-19(24)25;/h8,10,13,15,18H,4-7,9,11-12,14,16-17H2,1-3H3,(H2,21,22,23);1H. The molecule has 150 valence electrons. The van der Waals surface area contributed by atoms with Gasteiger partial charge < -0.3 is 15.2 Å². The normalized spacial score (nSPS) is 12.3. The lowest BCUT2D eigenvalue weighted by atomic mass is 10.00. The molecule has 0 fully saturated rings. The van der Waals surface area contributed by atoms with Crippen LogP contribution in [-0.2, 0) is 6.54 Å². The largest absolute Gasteiger partial charge is 0.357 e. The van der Waals surface area contributed by atoms with Crippen LogP contribution in [0.2, 0.25) is 0 Å². The Kier molecular flexibility index (Phi) is 15.5. The van der Waals surface area contributed by atoms with Crippen LogP contribution < -0.4 is 16.2 Å². The number of hydrogen-bond donors (Lipinski definition) is 2. The second-order valence-corrected chi connectivity index (χ2v) is 6.50. The van der Waals surface area contributed by atoms with Gasteiger partial charge in [0.05, 0.1) is 0 Å². The molecule has 5 nitrogen and oxygen atoms in total. The lowest BCUT2D eigenvalue weighted by Gasteiger charge is -2.15. The molecule has 0 aliphatic heterocycles. The molecule has 0 bridgehead atoms. The van der Waals surface area contributed by atoms with E-state index in [2.05, 4.69) is 31.4 Å². The maximum Gasteiger partial charge on any atom is 0.250 e. The molecular formula is C20H37IN4O. The van der Waals surface area contributed by atoms with E-state index in [4.69, 9.17) is 4.99 Å². The first-order chi connectivity index (χ1) is 12.2. The average Bonchev–Trinajstić information content (AvgIpc) is 2.62. The summed E-state index contributed by atoms with van der Waals surface area (Å²) >= 11 is 0. The Labute approximate surface area is 176 Å². The van der Waals surface area contributed by atoms with Gasteiger partial charge in [-0.15, -0.1) is 24.0 Å². The fraction of sp³-hybridized carbons (Fsp3) is 0.700. The summed E-state index contributed by atoms with van der Waals surface area (Å²) in [6.45, 7) is 9.99. The van der Waals surface area contributed by atoms with Gasteiger partial charge in [-0.05, 0) is 38.2 Å². The number of halogens is 1. The van der Waals surface area contributed by atoms with Crippen LogP contribution in [-0.4, -0.2) is 30.2 Å². The molecule has 0 radical (unpaired) electrons. The Morgan fingerprint density at radius 2 is 1.96 bits per heavy atom. The number of unbranched alkanes of at least 4 members (excludes halogenated alkanes) is 2. The Bertz CT molecular complexity index is 545. The van der Waals surface area contributed by atoms with E-state index in [9.17, 15) is 4.79 Å². The van der Waals surface area contributed by atoms with Crippen molar-refractivity contribution in [1.82, 2.24) is 15.2 Å². The lowest BCUT2D eigenvalue weighted by molar-refractivity contribution is 0.461. The van der Waals surface area contributed by atoms with Crippen LogP contribution in [0.15, 0.2) is 34.2 Å². The second-order valence-electron chi connectivity index (χ2n) is 6.50. The highest BCUT2D eigenvalue weighted by molar-refractivity contribution is 14.0. The summed E-state index contributed by atoms with van der Waals surface area (Å²) in [6.07, 6.45) is 8.84. The SMILES string of the molecule is CCCCC(CC)CN=C(NCC)NCCCCn1ccccc1=O.I. The molecule has 1 aromatic rings. The number of nitrogens with zero attached hydrogens (tertiary/aromatic N) is 2. The molecule has 1 unspecified atom stereocenters. The minimum atomic E-state index is 0. The molecule has 2 N–H and O–H groups in total. The van der Waals surface area contributed by atoms with Crippen LogP contribution in [0.1, 0.15) is 59.3 Å². The number of aromatic nitrogens is 1. The van der Waals surface area contributed by atoms with Crippen LogP contribution in [0.25, 0.3) is 0 Å². The molecule has 1 rings (SSSR count). The molecule has 6 heteroatoms. The van der Waals surface area contributed by atoms with E-state index in [1.165, 1.54) is 25.7 Å². The van der Waals surface area contributed by atoms with Crippen molar-refractivity contribution in [2.75, 3.05) is 19.6 Å². The van der Waals surface area contributed by atoms with Gasteiger partial charge in [0.2, 0.25) is 5.56 Å². The highest BCUT2D eigenvalue weighted by Gasteiger charge is 2.05. The van der Waals surface area contributed by atoms with Crippen molar-refractivity contribution in [3.63, 3.8) is 0 Å². The van der Waals surface area contributed by atoms with Gasteiger partial charge >= 0.3 is 0 Å². The summed E-state index contributed by atoms with van der Waals surface area (Å²) in [5.74, 6) is 1.59. The van der Waals surface area contributed by atoms with Gasteiger partial charge in [-0.1, -0.05) is 39.2 Å². The van der Waals surface area contributed by atoms with Crippen LogP contribution in [0.4, 0.5) is 0 Å². The predicted molar refractivity (Wildman–Crippen MR) is 123 cm³/mol. The van der Waals surface area contributed by atoms with Crippen LogP contribution in [0.5, 0.6) is 0 Å². The van der Waals surface area contributed by atoms with Crippen molar-refractivity contribution in [1.29, 1.82) is 0 Å². The van der Waals surface area contributed by atoms with Crippen LogP contribution in [0, 0.1) is 5.92 Å². The monoisotopic (exact) mass is 476 g/mol. The van der Waals surface area contributed by atoms with E-state index in [0.717, 1.165) is 45.0 Å². The van der Waals surface area contributed by atoms with Crippen molar-refractivity contribution < 1.29 is 0 Å². The van der Waals surface area contributed by atoms with Crippen molar-refractivity contribution in [2.45, 2.75) is 65.8 Å². The first-order valence-corrected chi connectivity index (χ1v) is 9.88. The molecule has 26 heavy (non-hydrogen) atoms. The average molecular weight is 476 g/mol. The van der Waals surface area contributed by atoms with E-state index in [1.54, 1.807) is 16.7 Å². The molecular weight excluding hydrogens is 439 g/mol. The van der Waals surface area contributed by atoms with Gasteiger partial charge in [0.15, 0.2) is 5.96 Å². The van der Waals surface area contributed by atoms with E-state index in [0.29, 0.717) is 5.92 Å². The van der Waals surface area contributed by atoms with Crippen molar-refractivity contribution in [3.05, 3.63) is 34.7 Å². The Hall–Kier alpha value is -1.05. The molecule has 0 aromatic carbocycles. The van der Waals surface area contributed by atoms with E-state index in [1.807, 2.05) is 12.3 Å². The van der Waals surface area contributed by atoms with Crippen LogP contribution in [0.3, 0.4) is 0 Å². The highest BCUT2D eigenvalue weighted by atomic mass is 127. The number of nitrogens with one attached hydrogen (secondary N) is 2. The zero-order valence-electron chi connectivity index (χ0n) is 16.7. The summed E-state index contributed by atoms with van der Waals surface area (Å²) < 4.78 is 1.76. The molecule has 0 spiro atoms. The quantitative estimate of drug-likeness (QED) is 0.207. The Balaban J connectivity index is 0.00000625. The fourth-order valence-corrected chi connectivity index (χ4v) is 2.74. The highest BCUT2D eigenvalue weighted by Crippen LogP contribution is 2.12. The molecule has 0 aliphatic rings. The molecule has 0 saturated carbocycles. The zero-order valence-corrected chi connectivity index (χ0v) is 19.0. The Morgan fingerprint density at radius 1 is 1.15 bits per heavy atom. The number of rotatable bonds is 12. The summed E-state index contributed by atoms with van der Waals surface area (Å²) in [7, 11) is 0. The molecule has 0 aliphatic carbocycles. The maximum atomic E-state index is 11.6. The molecule has 0 saturated heterocycles. The lowest BCUT2D eigenvalue weighted by Crippen LogP contribution is -2.38. The number of aliphatic imine (C=N–C) groups is 1. The first kappa shape index (κ1) is 24.9. The third-order valence-corrected chi connectivity index (χ3v) is 4.41. The minimum Gasteiger partial charge on any atom is -0.357 e.